The number of hydrogen-bond donors (Lipinski definition) is 1. The molecule has 0 bridgehead atoms. The van der Waals surface area contributed by atoms with Gasteiger partial charge < -0.3 is 5.32 Å². The lowest BCUT2D eigenvalue weighted by Gasteiger charge is -2.19. The van der Waals surface area contributed by atoms with E-state index in [0.717, 1.165) is 0 Å². The second-order valence-electron chi connectivity index (χ2n) is 3.48. The summed E-state index contributed by atoms with van der Waals surface area (Å²) < 4.78 is 0. The Morgan fingerprint density at radius 3 is 2.00 bits per heavy atom. The van der Waals surface area contributed by atoms with Crippen molar-refractivity contribution >= 4 is 11.7 Å². The van der Waals surface area contributed by atoms with Crippen molar-refractivity contribution in [3.8, 4) is 0 Å². The summed E-state index contributed by atoms with van der Waals surface area (Å²) in [6.07, 6.45) is 0.266. The molecule has 0 heterocycles. The summed E-state index contributed by atoms with van der Waals surface area (Å²) in [5.41, 5.74) is -0.318. The Morgan fingerprint density at radius 2 is 1.73 bits per heavy atom. The van der Waals surface area contributed by atoms with E-state index in [9.17, 15) is 9.59 Å². The quantitative estimate of drug-likeness (QED) is 0.605. The number of rotatable bonds is 2. The summed E-state index contributed by atoms with van der Waals surface area (Å²) in [5.74, 6) is -0.847. The third kappa shape index (κ3) is 4.53. The molecule has 0 saturated carbocycles. The van der Waals surface area contributed by atoms with Gasteiger partial charge in [-0.05, 0) is 20.8 Å². The Kier molecular flexibility index (Phi) is 3.23. The molecule has 0 rings (SSSR count). The molecule has 0 aliphatic heterocycles. The second kappa shape index (κ2) is 3.51. The molecule has 3 heteroatoms. The van der Waals surface area contributed by atoms with Crippen molar-refractivity contribution in [1.29, 1.82) is 0 Å². The summed E-state index contributed by atoms with van der Waals surface area (Å²) in [7, 11) is 0. The maximum atomic E-state index is 10.9. The van der Waals surface area contributed by atoms with Crippen molar-refractivity contribution in [3.63, 3.8) is 0 Å². The van der Waals surface area contributed by atoms with Gasteiger partial charge in [-0.15, -0.1) is 0 Å². The van der Waals surface area contributed by atoms with Gasteiger partial charge in [0.15, 0.2) is 0 Å². The zero-order valence-corrected chi connectivity index (χ0v) is 7.52. The normalized spacial score (nSPS) is 10.9. The molecule has 0 aliphatic rings. The average Bonchev–Trinajstić information content (AvgIpc) is 1.82. The number of ketones is 1. The summed E-state index contributed by atoms with van der Waals surface area (Å²) in [6, 6.07) is 0. The summed E-state index contributed by atoms with van der Waals surface area (Å²) in [4.78, 5) is 21.7. The van der Waals surface area contributed by atoms with Crippen molar-refractivity contribution in [3.05, 3.63) is 0 Å². The lowest BCUT2D eigenvalue weighted by Crippen LogP contribution is -2.43. The molecule has 0 aromatic heterocycles. The Hall–Kier alpha value is -0.860. The Labute approximate surface area is 67.2 Å². The number of Topliss-reactive ketones (excluding diaryl/α,β-unsaturated/α-hetero) is 1. The van der Waals surface area contributed by atoms with Crippen molar-refractivity contribution in [2.75, 3.05) is 0 Å². The Balaban J connectivity index is 3.99. The molecule has 1 N–H and O–H groups in total. The minimum Gasteiger partial charge on any atom is -0.345 e. The molecule has 0 unspecified atom stereocenters. The lowest BCUT2D eigenvalue weighted by molar-refractivity contribution is -0.138. The van der Waals surface area contributed by atoms with Crippen LogP contribution in [0.5, 0.6) is 0 Å². The predicted molar refractivity (Wildman–Crippen MR) is 43.2 cm³/mol. The predicted octanol–water partition coefficient (Wildman–Crippen LogP) is 0.880. The van der Waals surface area contributed by atoms with Crippen molar-refractivity contribution in [2.24, 2.45) is 0 Å². The van der Waals surface area contributed by atoms with Crippen LogP contribution in [-0.2, 0) is 9.59 Å². The van der Waals surface area contributed by atoms with Crippen LogP contribution in [0.2, 0.25) is 0 Å². The molecule has 0 spiro atoms. The van der Waals surface area contributed by atoms with Gasteiger partial charge in [0.25, 0.3) is 5.91 Å². The van der Waals surface area contributed by atoms with Gasteiger partial charge in [-0.3, -0.25) is 9.59 Å². The molecular weight excluding hydrogens is 142 g/mol. The van der Waals surface area contributed by atoms with Crippen LogP contribution in [0.25, 0.3) is 0 Å². The van der Waals surface area contributed by atoms with Crippen molar-refractivity contribution in [2.45, 2.75) is 39.7 Å². The number of hydrogen-bond acceptors (Lipinski definition) is 2. The van der Waals surface area contributed by atoms with E-state index in [1.807, 2.05) is 20.8 Å². The minimum absolute atomic E-state index is 0.266. The van der Waals surface area contributed by atoms with E-state index in [1.165, 1.54) is 0 Å². The van der Waals surface area contributed by atoms with Gasteiger partial charge in [0.05, 0.1) is 0 Å². The van der Waals surface area contributed by atoms with E-state index >= 15 is 0 Å². The van der Waals surface area contributed by atoms with Crippen molar-refractivity contribution < 1.29 is 9.59 Å². The SMILES string of the molecule is CCC(=O)C(=O)NC(C)(C)C. The molecule has 0 aromatic rings. The van der Waals surface area contributed by atoms with Gasteiger partial charge >= 0.3 is 0 Å². The van der Waals surface area contributed by atoms with Gasteiger partial charge in [0, 0.05) is 12.0 Å². The van der Waals surface area contributed by atoms with Gasteiger partial charge in [-0.25, -0.2) is 0 Å². The second-order valence-corrected chi connectivity index (χ2v) is 3.48. The van der Waals surface area contributed by atoms with Crippen LogP contribution in [0.15, 0.2) is 0 Å². The van der Waals surface area contributed by atoms with Gasteiger partial charge in [0.2, 0.25) is 5.78 Å². The first-order valence-corrected chi connectivity index (χ1v) is 3.72. The topological polar surface area (TPSA) is 46.2 Å². The van der Waals surface area contributed by atoms with Gasteiger partial charge in [-0.1, -0.05) is 6.92 Å². The zero-order chi connectivity index (χ0) is 9.07. The smallest absolute Gasteiger partial charge is 0.287 e. The first-order valence-electron chi connectivity index (χ1n) is 3.72. The molecule has 64 valence electrons. The molecule has 0 radical (unpaired) electrons. The van der Waals surface area contributed by atoms with Crippen LogP contribution >= 0.6 is 0 Å². The number of amides is 1. The summed E-state index contributed by atoms with van der Waals surface area (Å²) in [5, 5.41) is 2.58. The highest BCUT2D eigenvalue weighted by molar-refractivity contribution is 6.36. The van der Waals surface area contributed by atoms with Crippen LogP contribution in [0, 0.1) is 0 Å². The largest absolute Gasteiger partial charge is 0.345 e. The van der Waals surface area contributed by atoms with Crippen LogP contribution in [0.4, 0.5) is 0 Å². The maximum absolute atomic E-state index is 10.9. The maximum Gasteiger partial charge on any atom is 0.287 e. The molecule has 11 heavy (non-hydrogen) atoms. The molecule has 0 atom stereocenters. The van der Waals surface area contributed by atoms with Crippen LogP contribution in [-0.4, -0.2) is 17.2 Å². The van der Waals surface area contributed by atoms with E-state index in [2.05, 4.69) is 5.32 Å². The number of carbonyl (C=O) groups is 2. The summed E-state index contributed by atoms with van der Waals surface area (Å²) in [6.45, 7) is 7.19. The third-order valence-electron chi connectivity index (χ3n) is 1.06. The van der Waals surface area contributed by atoms with Crippen LogP contribution in [0.3, 0.4) is 0 Å². The third-order valence-corrected chi connectivity index (χ3v) is 1.06. The fourth-order valence-electron chi connectivity index (χ4n) is 0.571. The fraction of sp³-hybridized carbons (Fsp3) is 0.750. The standard InChI is InChI=1S/C8H15NO2/c1-5-6(10)7(11)9-8(2,3)4/h5H2,1-4H3,(H,9,11). The highest BCUT2D eigenvalue weighted by Gasteiger charge is 2.17. The fourth-order valence-corrected chi connectivity index (χ4v) is 0.571. The van der Waals surface area contributed by atoms with E-state index < -0.39 is 5.91 Å². The monoisotopic (exact) mass is 157 g/mol. The zero-order valence-electron chi connectivity index (χ0n) is 7.52. The number of carbonyl (C=O) groups excluding carboxylic acids is 2. The van der Waals surface area contributed by atoms with E-state index in [0.29, 0.717) is 0 Å². The van der Waals surface area contributed by atoms with Gasteiger partial charge in [-0.2, -0.15) is 0 Å². The van der Waals surface area contributed by atoms with Crippen LogP contribution in [0.1, 0.15) is 34.1 Å². The lowest BCUT2D eigenvalue weighted by atomic mass is 10.1. The molecular formula is C8H15NO2. The Morgan fingerprint density at radius 1 is 1.27 bits per heavy atom. The molecule has 0 aromatic carbocycles. The molecule has 0 fully saturated rings. The average molecular weight is 157 g/mol. The van der Waals surface area contributed by atoms with Crippen LogP contribution < -0.4 is 5.32 Å². The molecule has 3 nitrogen and oxygen atoms in total. The Bertz CT molecular complexity index is 167. The van der Waals surface area contributed by atoms with E-state index in [1.54, 1.807) is 6.92 Å². The minimum atomic E-state index is -0.486. The highest BCUT2D eigenvalue weighted by Crippen LogP contribution is 1.98. The number of nitrogens with one attached hydrogen (secondary N) is 1. The molecule has 0 saturated heterocycles. The molecule has 1 amide bonds. The van der Waals surface area contributed by atoms with E-state index in [-0.39, 0.29) is 17.7 Å². The molecule has 0 aliphatic carbocycles. The first kappa shape index (κ1) is 10.1. The first-order chi connectivity index (χ1) is 4.87. The van der Waals surface area contributed by atoms with Gasteiger partial charge in [0.1, 0.15) is 0 Å². The highest BCUT2D eigenvalue weighted by atomic mass is 16.2. The van der Waals surface area contributed by atoms with Crippen molar-refractivity contribution in [1.82, 2.24) is 5.32 Å². The summed E-state index contributed by atoms with van der Waals surface area (Å²) >= 11 is 0. The van der Waals surface area contributed by atoms with E-state index in [4.69, 9.17) is 0 Å².